The zero-order valence-electron chi connectivity index (χ0n) is 7.22. The molecule has 0 saturated carbocycles. The summed E-state index contributed by atoms with van der Waals surface area (Å²) in [6, 6.07) is 2.05. The van der Waals surface area contributed by atoms with E-state index >= 15 is 0 Å². The Morgan fingerprint density at radius 1 is 1.55 bits per heavy atom. The molecular formula is C9H13NO. The summed E-state index contributed by atoms with van der Waals surface area (Å²) >= 11 is 0. The number of aryl methyl sites for hydroxylation is 2. The van der Waals surface area contributed by atoms with Gasteiger partial charge in [0.2, 0.25) is 0 Å². The van der Waals surface area contributed by atoms with Crippen molar-refractivity contribution in [3.05, 3.63) is 23.5 Å². The van der Waals surface area contributed by atoms with E-state index in [0.717, 1.165) is 17.9 Å². The van der Waals surface area contributed by atoms with Crippen LogP contribution in [0, 0.1) is 6.92 Å². The number of rotatable bonds is 2. The van der Waals surface area contributed by atoms with E-state index in [-0.39, 0.29) is 0 Å². The van der Waals surface area contributed by atoms with Crippen LogP contribution in [0.3, 0.4) is 0 Å². The van der Waals surface area contributed by atoms with Gasteiger partial charge in [-0.15, -0.1) is 0 Å². The van der Waals surface area contributed by atoms with Gasteiger partial charge in [0, 0.05) is 5.69 Å². The van der Waals surface area contributed by atoms with Gasteiger partial charge in [0.25, 0.3) is 0 Å². The highest BCUT2D eigenvalue weighted by Gasteiger charge is 1.99. The second-order valence-corrected chi connectivity index (χ2v) is 2.49. The third-order valence-electron chi connectivity index (χ3n) is 1.69. The lowest BCUT2D eigenvalue weighted by Crippen LogP contribution is -1.92. The first-order valence-corrected chi connectivity index (χ1v) is 3.77. The Bertz CT molecular complexity index is 245. The molecule has 0 aromatic carbocycles. The van der Waals surface area contributed by atoms with Crippen LogP contribution >= 0.6 is 0 Å². The van der Waals surface area contributed by atoms with Gasteiger partial charge in [-0.2, -0.15) is 0 Å². The molecule has 0 bridgehead atoms. The smallest absolute Gasteiger partial charge is 0.140 e. The summed E-state index contributed by atoms with van der Waals surface area (Å²) in [7, 11) is 1.67. The van der Waals surface area contributed by atoms with Gasteiger partial charge in [-0.05, 0) is 25.0 Å². The van der Waals surface area contributed by atoms with Crippen LogP contribution in [0.4, 0.5) is 0 Å². The van der Waals surface area contributed by atoms with Crippen molar-refractivity contribution in [2.45, 2.75) is 20.3 Å². The average molecular weight is 151 g/mol. The number of ether oxygens (including phenoxy) is 1. The van der Waals surface area contributed by atoms with Gasteiger partial charge in [-0.1, -0.05) is 6.92 Å². The van der Waals surface area contributed by atoms with Crippen LogP contribution in [0.5, 0.6) is 5.75 Å². The maximum Gasteiger partial charge on any atom is 0.140 e. The van der Waals surface area contributed by atoms with Gasteiger partial charge in [-0.3, -0.25) is 4.98 Å². The van der Waals surface area contributed by atoms with E-state index in [1.54, 1.807) is 13.3 Å². The number of methoxy groups -OCH3 is 1. The van der Waals surface area contributed by atoms with Crippen LogP contribution in [0.2, 0.25) is 0 Å². The van der Waals surface area contributed by atoms with Gasteiger partial charge in [0.15, 0.2) is 0 Å². The van der Waals surface area contributed by atoms with Crippen molar-refractivity contribution >= 4 is 0 Å². The molecular weight excluding hydrogens is 138 g/mol. The minimum absolute atomic E-state index is 0.887. The van der Waals surface area contributed by atoms with Crippen molar-refractivity contribution in [1.82, 2.24) is 4.98 Å². The predicted molar refractivity (Wildman–Crippen MR) is 44.9 cm³/mol. The highest BCUT2D eigenvalue weighted by Crippen LogP contribution is 2.17. The third-order valence-corrected chi connectivity index (χ3v) is 1.69. The molecule has 11 heavy (non-hydrogen) atoms. The summed E-state index contributed by atoms with van der Waals surface area (Å²) in [6.45, 7) is 4.09. The van der Waals surface area contributed by atoms with Gasteiger partial charge < -0.3 is 4.74 Å². The topological polar surface area (TPSA) is 22.1 Å². The molecule has 1 heterocycles. The minimum Gasteiger partial charge on any atom is -0.495 e. The van der Waals surface area contributed by atoms with E-state index in [1.165, 1.54) is 5.56 Å². The molecule has 2 nitrogen and oxygen atoms in total. The lowest BCUT2D eigenvalue weighted by atomic mass is 10.2. The normalized spacial score (nSPS) is 9.73. The fourth-order valence-corrected chi connectivity index (χ4v) is 1.06. The molecule has 0 atom stereocenters. The Kier molecular flexibility index (Phi) is 2.47. The fraction of sp³-hybridized carbons (Fsp3) is 0.444. The first kappa shape index (κ1) is 8.05. The molecule has 0 spiro atoms. The Balaban J connectivity index is 3.06. The third kappa shape index (κ3) is 1.70. The summed E-state index contributed by atoms with van der Waals surface area (Å²) in [5, 5.41) is 0. The van der Waals surface area contributed by atoms with Crippen molar-refractivity contribution in [2.24, 2.45) is 0 Å². The second kappa shape index (κ2) is 3.37. The van der Waals surface area contributed by atoms with Crippen LogP contribution in [0.15, 0.2) is 12.3 Å². The van der Waals surface area contributed by atoms with Crippen LogP contribution in [0.1, 0.15) is 18.2 Å². The molecule has 0 unspecified atom stereocenters. The average Bonchev–Trinajstić information content (AvgIpc) is 2.04. The molecule has 1 aromatic heterocycles. The molecule has 0 amide bonds. The maximum atomic E-state index is 5.13. The summed E-state index contributed by atoms with van der Waals surface area (Å²) in [6.07, 6.45) is 2.76. The van der Waals surface area contributed by atoms with Gasteiger partial charge in [0.1, 0.15) is 5.75 Å². The predicted octanol–water partition coefficient (Wildman–Crippen LogP) is 1.96. The number of nitrogens with zero attached hydrogens (tertiary/aromatic N) is 1. The van der Waals surface area contributed by atoms with E-state index in [1.807, 2.05) is 6.92 Å². The number of hydrogen-bond donors (Lipinski definition) is 0. The first-order valence-electron chi connectivity index (χ1n) is 3.77. The van der Waals surface area contributed by atoms with E-state index in [4.69, 9.17) is 4.74 Å². The SMILES string of the molecule is CCc1cc(C)ncc1OC. The fourth-order valence-electron chi connectivity index (χ4n) is 1.06. The van der Waals surface area contributed by atoms with Crippen molar-refractivity contribution in [3.8, 4) is 5.75 Å². The first-order chi connectivity index (χ1) is 5.27. The molecule has 60 valence electrons. The maximum absolute atomic E-state index is 5.13. The molecule has 0 fully saturated rings. The second-order valence-electron chi connectivity index (χ2n) is 2.49. The van der Waals surface area contributed by atoms with Gasteiger partial charge >= 0.3 is 0 Å². The van der Waals surface area contributed by atoms with E-state index in [2.05, 4.69) is 18.0 Å². The highest BCUT2D eigenvalue weighted by atomic mass is 16.5. The zero-order valence-corrected chi connectivity index (χ0v) is 7.22. The van der Waals surface area contributed by atoms with Gasteiger partial charge in [-0.25, -0.2) is 0 Å². The van der Waals surface area contributed by atoms with Crippen molar-refractivity contribution < 1.29 is 4.74 Å². The molecule has 0 aliphatic carbocycles. The number of pyridine rings is 1. The lowest BCUT2D eigenvalue weighted by molar-refractivity contribution is 0.408. The van der Waals surface area contributed by atoms with Crippen LogP contribution in [-0.2, 0) is 6.42 Å². The zero-order chi connectivity index (χ0) is 8.27. The van der Waals surface area contributed by atoms with Crippen molar-refractivity contribution in [3.63, 3.8) is 0 Å². The quantitative estimate of drug-likeness (QED) is 0.644. The Morgan fingerprint density at radius 3 is 2.82 bits per heavy atom. The lowest BCUT2D eigenvalue weighted by Gasteiger charge is -2.05. The molecule has 0 N–H and O–H groups in total. The minimum atomic E-state index is 0.887. The van der Waals surface area contributed by atoms with Crippen LogP contribution < -0.4 is 4.74 Å². The standard InChI is InChI=1S/C9H13NO/c1-4-8-5-7(2)10-6-9(8)11-3/h5-6H,4H2,1-3H3. The van der Waals surface area contributed by atoms with Crippen LogP contribution in [0.25, 0.3) is 0 Å². The summed E-state index contributed by atoms with van der Waals surface area (Å²) in [5.41, 5.74) is 2.27. The molecule has 1 rings (SSSR count). The molecule has 0 aliphatic rings. The van der Waals surface area contributed by atoms with Crippen molar-refractivity contribution in [1.29, 1.82) is 0 Å². The van der Waals surface area contributed by atoms with E-state index in [0.29, 0.717) is 0 Å². The molecule has 2 heteroatoms. The Hall–Kier alpha value is -1.05. The summed E-state index contributed by atoms with van der Waals surface area (Å²) in [5.74, 6) is 0.887. The number of hydrogen-bond acceptors (Lipinski definition) is 2. The molecule has 1 aromatic rings. The highest BCUT2D eigenvalue weighted by molar-refractivity contribution is 5.31. The van der Waals surface area contributed by atoms with E-state index in [9.17, 15) is 0 Å². The van der Waals surface area contributed by atoms with Crippen LogP contribution in [-0.4, -0.2) is 12.1 Å². The van der Waals surface area contributed by atoms with Crippen molar-refractivity contribution in [2.75, 3.05) is 7.11 Å². The molecule has 0 aliphatic heterocycles. The van der Waals surface area contributed by atoms with E-state index < -0.39 is 0 Å². The summed E-state index contributed by atoms with van der Waals surface area (Å²) in [4.78, 5) is 4.13. The molecule has 0 radical (unpaired) electrons. The number of aromatic nitrogens is 1. The summed E-state index contributed by atoms with van der Waals surface area (Å²) < 4.78 is 5.13. The monoisotopic (exact) mass is 151 g/mol. The Labute approximate surface area is 67.2 Å². The Morgan fingerprint density at radius 2 is 2.27 bits per heavy atom. The largest absolute Gasteiger partial charge is 0.495 e. The molecule has 0 saturated heterocycles. The van der Waals surface area contributed by atoms with Gasteiger partial charge in [0.05, 0.1) is 13.3 Å².